The fourth-order valence-electron chi connectivity index (χ4n) is 2.23. The third kappa shape index (κ3) is 6.30. The zero-order valence-corrected chi connectivity index (χ0v) is 16.5. The van der Waals surface area contributed by atoms with Gasteiger partial charge in [-0.1, -0.05) is 36.4 Å². The van der Waals surface area contributed by atoms with E-state index in [1.54, 1.807) is 36.4 Å². The number of rotatable bonds is 5. The number of hydrogen-bond donors (Lipinski definition) is 0. The Balaban J connectivity index is 0.000000379. The molecule has 0 aliphatic carbocycles. The first-order valence-electron chi connectivity index (χ1n) is 8.24. The van der Waals surface area contributed by atoms with Gasteiger partial charge in [-0.15, -0.1) is 0 Å². The Kier molecular flexibility index (Phi) is 8.16. The van der Waals surface area contributed by atoms with Crippen LogP contribution in [0.15, 0.2) is 115 Å². The molecule has 5 heteroatoms. The molecular formula is C22H19FeO3P. The summed E-state index contributed by atoms with van der Waals surface area (Å²) >= 11 is 0. The summed E-state index contributed by atoms with van der Waals surface area (Å²) < 4.78 is 24.5. The van der Waals surface area contributed by atoms with Gasteiger partial charge >= 0.3 is 24.7 Å². The topological polar surface area (TPSA) is 35.5 Å². The first-order chi connectivity index (χ1) is 12.8. The summed E-state index contributed by atoms with van der Waals surface area (Å²) in [5, 5.41) is 0.537. The van der Waals surface area contributed by atoms with Crippen LogP contribution < -0.4 is 14.4 Å². The molecule has 138 valence electrons. The summed E-state index contributed by atoms with van der Waals surface area (Å²) in [4.78, 5) is 0. The van der Waals surface area contributed by atoms with Gasteiger partial charge in [0, 0.05) is 0 Å². The quantitative estimate of drug-likeness (QED) is 0.234. The number of hydrogen-bond acceptors (Lipinski definition) is 3. The Hall–Kier alpha value is -2.51. The van der Waals surface area contributed by atoms with E-state index in [1.165, 1.54) is 0 Å². The molecule has 3 nitrogen and oxygen atoms in total. The van der Waals surface area contributed by atoms with Crippen molar-refractivity contribution in [2.75, 3.05) is 0 Å². The van der Waals surface area contributed by atoms with Crippen molar-refractivity contribution in [1.29, 1.82) is 0 Å². The zero-order valence-electron chi connectivity index (χ0n) is 14.5. The Bertz CT molecular complexity index is 842. The summed E-state index contributed by atoms with van der Waals surface area (Å²) in [5.41, 5.74) is 0. The van der Waals surface area contributed by atoms with Crippen molar-refractivity contribution in [1.82, 2.24) is 0 Å². The van der Waals surface area contributed by atoms with Gasteiger partial charge in [0.2, 0.25) is 0 Å². The summed E-state index contributed by atoms with van der Waals surface area (Å²) in [6.45, 7) is 0. The number of para-hydroxylation sites is 2. The van der Waals surface area contributed by atoms with Gasteiger partial charge in [0.05, 0.1) is 0 Å². The maximum atomic E-state index is 13.2. The average molecular weight is 418 g/mol. The van der Waals surface area contributed by atoms with Gasteiger partial charge in [-0.2, -0.15) is 30.3 Å². The fraction of sp³-hybridized carbons (Fsp3) is 0. The number of benzene rings is 2. The van der Waals surface area contributed by atoms with Crippen molar-refractivity contribution in [2.24, 2.45) is 0 Å². The van der Waals surface area contributed by atoms with Crippen molar-refractivity contribution < 1.29 is 30.7 Å². The Morgan fingerprint density at radius 2 is 1.11 bits per heavy atom. The van der Waals surface area contributed by atoms with Crippen LogP contribution in [0.5, 0.6) is 11.5 Å². The fourth-order valence-corrected chi connectivity index (χ4v) is 3.82. The molecule has 0 radical (unpaired) electrons. The van der Waals surface area contributed by atoms with Gasteiger partial charge in [-0.3, -0.25) is 0 Å². The second-order valence-electron chi connectivity index (χ2n) is 5.41. The van der Waals surface area contributed by atoms with E-state index in [-0.39, 0.29) is 17.1 Å². The molecule has 0 saturated heterocycles. The van der Waals surface area contributed by atoms with Gasteiger partial charge in [0.25, 0.3) is 0 Å². The van der Waals surface area contributed by atoms with Gasteiger partial charge in [-0.25, -0.2) is 28.8 Å². The van der Waals surface area contributed by atoms with Gasteiger partial charge in [-0.05, 0) is 29.6 Å². The van der Waals surface area contributed by atoms with Crippen LogP contribution >= 0.6 is 7.60 Å². The van der Waals surface area contributed by atoms with E-state index in [9.17, 15) is 4.57 Å². The minimum atomic E-state index is -3.47. The van der Waals surface area contributed by atoms with Crippen molar-refractivity contribution in [3.63, 3.8) is 0 Å². The van der Waals surface area contributed by atoms with Crippen LogP contribution in [-0.4, -0.2) is 0 Å². The molecule has 0 aliphatic heterocycles. The molecule has 0 spiro atoms. The van der Waals surface area contributed by atoms with Crippen LogP contribution in [0.1, 0.15) is 0 Å². The van der Waals surface area contributed by atoms with E-state index in [0.717, 1.165) is 0 Å². The van der Waals surface area contributed by atoms with Crippen LogP contribution in [0, 0.1) is 0 Å². The summed E-state index contributed by atoms with van der Waals surface area (Å²) in [5.74, 6) is 1.02. The van der Waals surface area contributed by atoms with Crippen LogP contribution in [0.4, 0.5) is 0 Å². The molecule has 4 aromatic rings. The SMILES string of the molecule is O=P(Oc1ccccc1)(Oc1ccccc1)[c-]1cccc1.[Fe+2].c1cc[cH-]c1. The second kappa shape index (κ2) is 10.6. The average Bonchev–Trinajstić information content (AvgIpc) is 3.40. The molecule has 0 atom stereocenters. The molecule has 0 fully saturated rings. The van der Waals surface area contributed by atoms with Crippen molar-refractivity contribution in [3.8, 4) is 11.5 Å². The summed E-state index contributed by atoms with van der Waals surface area (Å²) in [7, 11) is -3.47. The Labute approximate surface area is 170 Å². The molecule has 27 heavy (non-hydrogen) atoms. The van der Waals surface area contributed by atoms with E-state index < -0.39 is 7.60 Å². The molecule has 0 bridgehead atoms. The molecule has 0 N–H and O–H groups in total. The predicted molar refractivity (Wildman–Crippen MR) is 105 cm³/mol. The van der Waals surface area contributed by atoms with Crippen LogP contribution in [0.3, 0.4) is 0 Å². The van der Waals surface area contributed by atoms with Crippen LogP contribution in [-0.2, 0) is 21.6 Å². The Morgan fingerprint density at radius 3 is 1.48 bits per heavy atom. The van der Waals surface area contributed by atoms with E-state index in [1.807, 2.05) is 78.9 Å². The third-order valence-electron chi connectivity index (χ3n) is 3.45. The van der Waals surface area contributed by atoms with E-state index in [2.05, 4.69) is 0 Å². The second-order valence-corrected chi connectivity index (χ2v) is 7.29. The zero-order chi connectivity index (χ0) is 18.1. The van der Waals surface area contributed by atoms with Gasteiger partial charge in [0.15, 0.2) is 0 Å². The Morgan fingerprint density at radius 1 is 0.667 bits per heavy atom. The molecule has 4 rings (SSSR count). The van der Waals surface area contributed by atoms with Crippen molar-refractivity contribution >= 4 is 12.9 Å². The molecule has 0 aromatic heterocycles. The van der Waals surface area contributed by atoms with Gasteiger partial charge < -0.3 is 9.05 Å². The van der Waals surface area contributed by atoms with Crippen LogP contribution in [0.2, 0.25) is 0 Å². The maximum Gasteiger partial charge on any atom is 2.00 e. The van der Waals surface area contributed by atoms with Crippen LogP contribution in [0.25, 0.3) is 0 Å². The molecule has 0 unspecified atom stereocenters. The molecule has 0 amide bonds. The molecule has 0 heterocycles. The monoisotopic (exact) mass is 418 g/mol. The third-order valence-corrected chi connectivity index (χ3v) is 5.29. The maximum absolute atomic E-state index is 13.2. The smallest absolute Gasteiger partial charge is 0.421 e. The molecule has 4 aromatic carbocycles. The van der Waals surface area contributed by atoms with Gasteiger partial charge in [0.1, 0.15) is 11.5 Å². The van der Waals surface area contributed by atoms with E-state index in [0.29, 0.717) is 16.8 Å². The predicted octanol–water partition coefficient (Wildman–Crippen LogP) is 5.78. The summed E-state index contributed by atoms with van der Waals surface area (Å²) in [6, 6.07) is 35.2. The molecular weight excluding hydrogens is 399 g/mol. The first kappa shape index (κ1) is 20.8. The van der Waals surface area contributed by atoms with E-state index >= 15 is 0 Å². The van der Waals surface area contributed by atoms with Crippen molar-refractivity contribution in [2.45, 2.75) is 0 Å². The molecule has 0 saturated carbocycles. The standard InChI is InChI=1S/C17H14O3P.C5H5.Fe/c18-21(17-13-7-8-14-17,19-15-9-3-1-4-10-15)20-16-11-5-2-6-12-16;1-2-4-5-3-1;/h1-14H;1-5H;/q2*-1;+2. The minimum absolute atomic E-state index is 0. The minimum Gasteiger partial charge on any atom is -0.421 e. The van der Waals surface area contributed by atoms with Crippen molar-refractivity contribution in [3.05, 3.63) is 115 Å². The largest absolute Gasteiger partial charge is 2.00 e. The normalized spacial score (nSPS) is 10.1. The first-order valence-corrected chi connectivity index (χ1v) is 9.79. The molecule has 0 aliphatic rings. The summed E-state index contributed by atoms with van der Waals surface area (Å²) in [6.07, 6.45) is 0. The van der Waals surface area contributed by atoms with E-state index in [4.69, 9.17) is 9.05 Å².